The summed E-state index contributed by atoms with van der Waals surface area (Å²) in [5, 5.41) is 0.568. The zero-order valence-electron chi connectivity index (χ0n) is 16.0. The van der Waals surface area contributed by atoms with Gasteiger partial charge in [0.05, 0.1) is 25.6 Å². The third kappa shape index (κ3) is 3.94. The van der Waals surface area contributed by atoms with Gasteiger partial charge >= 0.3 is 12.3 Å². The Morgan fingerprint density at radius 2 is 1.61 bits per heavy atom. The number of benzene rings is 1. The van der Waals surface area contributed by atoms with Crippen molar-refractivity contribution >= 4 is 23.9 Å². The van der Waals surface area contributed by atoms with E-state index in [0.717, 1.165) is 42.8 Å². The van der Waals surface area contributed by atoms with Gasteiger partial charge < -0.3 is 23.8 Å². The molecule has 0 aliphatic carbocycles. The lowest BCUT2D eigenvalue weighted by molar-refractivity contribution is 0.0723. The zero-order valence-corrected chi connectivity index (χ0v) is 16.7. The molecule has 1 atom stereocenters. The predicted molar refractivity (Wildman–Crippen MR) is 101 cm³/mol. The lowest BCUT2D eigenvalue weighted by Crippen LogP contribution is -2.36. The van der Waals surface area contributed by atoms with Crippen LogP contribution in [0.5, 0.6) is 0 Å². The van der Waals surface area contributed by atoms with Crippen molar-refractivity contribution in [3.8, 4) is 0 Å². The topological polar surface area (TPSA) is 74.3 Å². The van der Waals surface area contributed by atoms with Gasteiger partial charge in [-0.3, -0.25) is 0 Å². The monoisotopic (exact) mass is 407 g/mol. The molecule has 0 N–H and O–H groups in total. The molecule has 150 valence electrons. The molecule has 0 aromatic heterocycles. The number of ether oxygens (including phenoxy) is 4. The van der Waals surface area contributed by atoms with E-state index in [4.69, 9.17) is 30.5 Å². The summed E-state index contributed by atoms with van der Waals surface area (Å²) in [6.45, 7) is 2.61. The number of carbonyl (C=O) groups is 2. The standard InChI is InChI=1S/C20H22ClNO6/c1-12-17(27-19(23)25-2)16(13-7-9-14(21)10-8-13)18(28-20(24)26-3)15-6-4-5-11-22(12)15/h7-10,16H,4-6,11H2,1-3H3. The second-order valence-corrected chi connectivity index (χ2v) is 6.90. The molecule has 1 aromatic carbocycles. The molecule has 28 heavy (non-hydrogen) atoms. The summed E-state index contributed by atoms with van der Waals surface area (Å²) < 4.78 is 20.5. The fraction of sp³-hybridized carbons (Fsp3) is 0.400. The number of carbonyl (C=O) groups excluding carboxylic acids is 2. The Morgan fingerprint density at radius 3 is 2.21 bits per heavy atom. The molecule has 0 bridgehead atoms. The quantitative estimate of drug-likeness (QED) is 0.657. The first-order valence-corrected chi connectivity index (χ1v) is 9.32. The van der Waals surface area contributed by atoms with Crippen molar-refractivity contribution in [3.05, 3.63) is 57.8 Å². The number of allylic oxidation sites excluding steroid dienone is 2. The molecule has 0 spiro atoms. The predicted octanol–water partition coefficient (Wildman–Crippen LogP) is 4.93. The van der Waals surface area contributed by atoms with Gasteiger partial charge in [0, 0.05) is 11.6 Å². The molecule has 3 rings (SSSR count). The van der Waals surface area contributed by atoms with E-state index in [-0.39, 0.29) is 0 Å². The van der Waals surface area contributed by atoms with Crippen LogP contribution >= 0.6 is 11.6 Å². The van der Waals surface area contributed by atoms with Crippen LogP contribution in [-0.2, 0) is 18.9 Å². The minimum Gasteiger partial charge on any atom is -0.437 e. The van der Waals surface area contributed by atoms with E-state index in [9.17, 15) is 9.59 Å². The van der Waals surface area contributed by atoms with Crippen LogP contribution in [-0.4, -0.2) is 38.0 Å². The van der Waals surface area contributed by atoms with Gasteiger partial charge in [-0.2, -0.15) is 0 Å². The largest absolute Gasteiger partial charge is 0.513 e. The first-order valence-electron chi connectivity index (χ1n) is 8.94. The summed E-state index contributed by atoms with van der Waals surface area (Å²) >= 11 is 6.03. The van der Waals surface area contributed by atoms with Gasteiger partial charge in [-0.15, -0.1) is 0 Å². The number of nitrogens with zero attached hydrogens (tertiary/aromatic N) is 1. The lowest BCUT2D eigenvalue weighted by Gasteiger charge is -2.40. The molecule has 1 fully saturated rings. The number of hydrogen-bond acceptors (Lipinski definition) is 7. The third-order valence-electron chi connectivity index (χ3n) is 4.86. The molecule has 1 saturated heterocycles. The Labute approximate surface area is 168 Å². The van der Waals surface area contributed by atoms with E-state index < -0.39 is 18.2 Å². The molecule has 2 heterocycles. The fourth-order valence-electron chi connectivity index (χ4n) is 3.56. The first kappa shape index (κ1) is 20.1. The highest BCUT2D eigenvalue weighted by Gasteiger charge is 2.40. The third-order valence-corrected chi connectivity index (χ3v) is 5.12. The molecule has 1 aromatic rings. The maximum absolute atomic E-state index is 12.0. The number of piperidine rings is 1. The van der Waals surface area contributed by atoms with Gasteiger partial charge in [0.1, 0.15) is 17.4 Å². The molecule has 8 heteroatoms. The highest BCUT2D eigenvalue weighted by atomic mass is 35.5. The average molecular weight is 408 g/mol. The van der Waals surface area contributed by atoms with E-state index in [1.165, 1.54) is 14.2 Å². The van der Waals surface area contributed by atoms with Crippen molar-refractivity contribution in [2.24, 2.45) is 0 Å². The summed E-state index contributed by atoms with van der Waals surface area (Å²) in [6, 6.07) is 7.08. The minimum atomic E-state index is -0.841. The van der Waals surface area contributed by atoms with Crippen LogP contribution in [0.3, 0.4) is 0 Å². The van der Waals surface area contributed by atoms with Crippen LogP contribution in [0.25, 0.3) is 0 Å². The highest BCUT2D eigenvalue weighted by molar-refractivity contribution is 6.30. The van der Waals surface area contributed by atoms with Crippen LogP contribution in [0.15, 0.2) is 47.2 Å². The molecule has 0 radical (unpaired) electrons. The molecule has 0 amide bonds. The van der Waals surface area contributed by atoms with Crippen molar-refractivity contribution in [3.63, 3.8) is 0 Å². The maximum Gasteiger partial charge on any atom is 0.513 e. The van der Waals surface area contributed by atoms with E-state index in [1.54, 1.807) is 24.3 Å². The summed E-state index contributed by atoms with van der Waals surface area (Å²) in [7, 11) is 2.49. The summed E-state index contributed by atoms with van der Waals surface area (Å²) in [5.41, 5.74) is 2.42. The van der Waals surface area contributed by atoms with E-state index in [2.05, 4.69) is 0 Å². The minimum absolute atomic E-state index is 0.346. The van der Waals surface area contributed by atoms with Crippen LogP contribution in [0.4, 0.5) is 9.59 Å². The number of fused-ring (bicyclic) bond motifs is 1. The van der Waals surface area contributed by atoms with Gasteiger partial charge in [0.25, 0.3) is 0 Å². The molecule has 0 saturated carbocycles. The Morgan fingerprint density at radius 1 is 1.00 bits per heavy atom. The van der Waals surface area contributed by atoms with Crippen molar-refractivity contribution in [2.75, 3.05) is 20.8 Å². The van der Waals surface area contributed by atoms with E-state index >= 15 is 0 Å². The van der Waals surface area contributed by atoms with Crippen molar-refractivity contribution < 1.29 is 28.5 Å². The number of rotatable bonds is 3. The molecule has 2 aliphatic rings. The smallest absolute Gasteiger partial charge is 0.437 e. The molecular formula is C20H22ClNO6. The Bertz CT molecular complexity index is 830. The summed E-state index contributed by atoms with van der Waals surface area (Å²) in [4.78, 5) is 25.9. The Balaban J connectivity index is 2.16. The number of halogens is 1. The van der Waals surface area contributed by atoms with E-state index in [1.807, 2.05) is 11.8 Å². The summed E-state index contributed by atoms with van der Waals surface area (Å²) in [6.07, 6.45) is 1.01. The maximum atomic E-state index is 12.0. The lowest BCUT2D eigenvalue weighted by atomic mass is 9.87. The van der Waals surface area contributed by atoms with Crippen LogP contribution in [0.2, 0.25) is 5.02 Å². The normalized spacial score (nSPS) is 19.1. The second kappa shape index (κ2) is 8.56. The van der Waals surface area contributed by atoms with Crippen molar-refractivity contribution in [1.82, 2.24) is 4.90 Å². The highest BCUT2D eigenvalue weighted by Crippen LogP contribution is 2.45. The Hall–Kier alpha value is -2.67. The molecule has 2 aliphatic heterocycles. The van der Waals surface area contributed by atoms with Gasteiger partial charge in [0.15, 0.2) is 0 Å². The van der Waals surface area contributed by atoms with Crippen LogP contribution < -0.4 is 0 Å². The van der Waals surface area contributed by atoms with Gasteiger partial charge in [-0.05, 0) is 43.9 Å². The van der Waals surface area contributed by atoms with Gasteiger partial charge in [-0.1, -0.05) is 23.7 Å². The number of methoxy groups -OCH3 is 2. The molecule has 7 nitrogen and oxygen atoms in total. The molecular weight excluding hydrogens is 386 g/mol. The number of hydrogen-bond donors (Lipinski definition) is 0. The average Bonchev–Trinajstić information content (AvgIpc) is 2.72. The van der Waals surface area contributed by atoms with Gasteiger partial charge in [0.2, 0.25) is 0 Å². The Kier molecular flexibility index (Phi) is 6.14. The summed E-state index contributed by atoms with van der Waals surface area (Å²) in [5.74, 6) is 0.122. The van der Waals surface area contributed by atoms with E-state index in [0.29, 0.717) is 16.5 Å². The van der Waals surface area contributed by atoms with Crippen LogP contribution in [0, 0.1) is 0 Å². The van der Waals surface area contributed by atoms with Crippen molar-refractivity contribution in [2.45, 2.75) is 32.1 Å². The first-order chi connectivity index (χ1) is 13.5. The second-order valence-electron chi connectivity index (χ2n) is 6.47. The molecule has 1 unspecified atom stereocenters. The van der Waals surface area contributed by atoms with Crippen LogP contribution in [0.1, 0.15) is 37.7 Å². The zero-order chi connectivity index (χ0) is 20.3. The fourth-order valence-corrected chi connectivity index (χ4v) is 3.68. The SMILES string of the molecule is COC(=O)OC1=C(C)N2CCCCC2=C(OC(=O)OC)C1c1ccc(Cl)cc1. The van der Waals surface area contributed by atoms with Crippen molar-refractivity contribution in [1.29, 1.82) is 0 Å². The van der Waals surface area contributed by atoms with Gasteiger partial charge in [-0.25, -0.2) is 9.59 Å².